The number of hydrogen-bond donors (Lipinski definition) is 2. The molecule has 1 aliphatic rings. The zero-order valence-electron chi connectivity index (χ0n) is 17.0. The number of nitrogens with zero attached hydrogens (tertiary/aromatic N) is 3. The fourth-order valence-corrected chi connectivity index (χ4v) is 2.98. The molecular formula is C19H41N5. The van der Waals surface area contributed by atoms with Crippen LogP contribution in [0.25, 0.3) is 0 Å². The molecule has 1 fully saturated rings. The number of nitrogens with one attached hydrogen (secondary N) is 2. The van der Waals surface area contributed by atoms with E-state index in [0.29, 0.717) is 11.5 Å². The van der Waals surface area contributed by atoms with Crippen LogP contribution in [0, 0.1) is 5.41 Å². The van der Waals surface area contributed by atoms with Crippen molar-refractivity contribution < 1.29 is 0 Å². The molecular weight excluding hydrogens is 298 g/mol. The average Bonchev–Trinajstić information content (AvgIpc) is 2.72. The third kappa shape index (κ3) is 10.1. The molecule has 2 N–H and O–H groups in total. The van der Waals surface area contributed by atoms with Crippen molar-refractivity contribution in [2.75, 3.05) is 53.4 Å². The average molecular weight is 340 g/mol. The third-order valence-corrected chi connectivity index (χ3v) is 4.69. The third-order valence-electron chi connectivity index (χ3n) is 4.69. The first-order valence-electron chi connectivity index (χ1n) is 9.68. The molecule has 1 heterocycles. The van der Waals surface area contributed by atoms with Crippen molar-refractivity contribution in [1.29, 1.82) is 0 Å². The van der Waals surface area contributed by atoms with Crippen LogP contribution in [0.4, 0.5) is 0 Å². The van der Waals surface area contributed by atoms with Crippen molar-refractivity contribution in [1.82, 2.24) is 20.4 Å². The Hall–Kier alpha value is -0.810. The minimum absolute atomic E-state index is 0.397. The monoisotopic (exact) mass is 339 g/mol. The standard InChI is InChI=1S/C19H41N5/c1-17(9-10-19(2,3)4)22-18(20-5)21-11-7-13-24-14-8-12-23(6)15-16-24/h17H,7-16H2,1-6H3,(H2,20,21,22). The highest BCUT2D eigenvalue weighted by atomic mass is 15.2. The largest absolute Gasteiger partial charge is 0.356 e. The Morgan fingerprint density at radius 1 is 1.17 bits per heavy atom. The lowest BCUT2D eigenvalue weighted by molar-refractivity contribution is 0.273. The molecule has 0 aliphatic carbocycles. The topological polar surface area (TPSA) is 42.9 Å². The van der Waals surface area contributed by atoms with Gasteiger partial charge in [-0.1, -0.05) is 20.8 Å². The van der Waals surface area contributed by atoms with E-state index in [-0.39, 0.29) is 0 Å². The van der Waals surface area contributed by atoms with E-state index in [2.05, 4.69) is 60.2 Å². The van der Waals surface area contributed by atoms with E-state index in [1.165, 1.54) is 58.4 Å². The number of likely N-dealkylation sites (N-methyl/N-ethyl adjacent to an activating group) is 1. The van der Waals surface area contributed by atoms with Gasteiger partial charge >= 0.3 is 0 Å². The summed E-state index contributed by atoms with van der Waals surface area (Å²) in [4.78, 5) is 9.38. The summed E-state index contributed by atoms with van der Waals surface area (Å²) in [7, 11) is 4.08. The van der Waals surface area contributed by atoms with E-state index < -0.39 is 0 Å². The quantitative estimate of drug-likeness (QED) is 0.425. The Kier molecular flexibility index (Phi) is 9.67. The van der Waals surface area contributed by atoms with Crippen LogP contribution in [0.3, 0.4) is 0 Å². The van der Waals surface area contributed by atoms with Crippen molar-refractivity contribution in [3.63, 3.8) is 0 Å². The smallest absolute Gasteiger partial charge is 0.191 e. The SMILES string of the molecule is CN=C(NCCCN1CCCN(C)CC1)NC(C)CCC(C)(C)C. The first-order valence-corrected chi connectivity index (χ1v) is 9.68. The Balaban J connectivity index is 2.17. The molecule has 0 amide bonds. The second kappa shape index (κ2) is 10.9. The van der Waals surface area contributed by atoms with Crippen LogP contribution in [0.2, 0.25) is 0 Å². The first-order chi connectivity index (χ1) is 11.3. The van der Waals surface area contributed by atoms with E-state index in [0.717, 1.165) is 12.5 Å². The lowest BCUT2D eigenvalue weighted by Gasteiger charge is -2.23. The molecule has 1 saturated heterocycles. The van der Waals surface area contributed by atoms with Crippen LogP contribution in [0.5, 0.6) is 0 Å². The van der Waals surface area contributed by atoms with E-state index in [1.54, 1.807) is 0 Å². The van der Waals surface area contributed by atoms with Crippen molar-refractivity contribution in [2.45, 2.75) is 59.4 Å². The summed E-state index contributed by atoms with van der Waals surface area (Å²) < 4.78 is 0. The number of guanidine groups is 1. The maximum absolute atomic E-state index is 4.36. The van der Waals surface area contributed by atoms with Gasteiger partial charge in [0.05, 0.1) is 0 Å². The van der Waals surface area contributed by atoms with Crippen LogP contribution in [-0.4, -0.2) is 75.2 Å². The predicted octanol–water partition coefficient (Wildman–Crippen LogP) is 2.39. The summed E-state index contributed by atoms with van der Waals surface area (Å²) in [6.07, 6.45) is 4.85. The zero-order valence-corrected chi connectivity index (χ0v) is 17.0. The summed E-state index contributed by atoms with van der Waals surface area (Å²) in [5.74, 6) is 0.937. The van der Waals surface area contributed by atoms with Gasteiger partial charge in [0.1, 0.15) is 0 Å². The van der Waals surface area contributed by atoms with Gasteiger partial charge in [-0.25, -0.2) is 0 Å². The van der Waals surface area contributed by atoms with Gasteiger partial charge in [-0.15, -0.1) is 0 Å². The molecule has 0 bridgehead atoms. The molecule has 0 aromatic heterocycles. The number of rotatable bonds is 7. The van der Waals surface area contributed by atoms with Gasteiger partial charge in [-0.2, -0.15) is 0 Å². The van der Waals surface area contributed by atoms with Crippen LogP contribution < -0.4 is 10.6 Å². The lowest BCUT2D eigenvalue weighted by Crippen LogP contribution is -2.43. The van der Waals surface area contributed by atoms with Gasteiger partial charge in [-0.3, -0.25) is 4.99 Å². The summed E-state index contributed by atoms with van der Waals surface area (Å²) in [5.41, 5.74) is 0.397. The molecule has 0 aromatic rings. The summed E-state index contributed by atoms with van der Waals surface area (Å²) in [6, 6.07) is 0.455. The molecule has 0 saturated carbocycles. The second-order valence-corrected chi connectivity index (χ2v) is 8.50. The van der Waals surface area contributed by atoms with Crippen molar-refractivity contribution in [3.8, 4) is 0 Å². The Labute approximate surface area is 150 Å². The molecule has 24 heavy (non-hydrogen) atoms. The number of aliphatic imine (C=N–C) groups is 1. The lowest BCUT2D eigenvalue weighted by atomic mass is 9.89. The molecule has 0 radical (unpaired) electrons. The van der Waals surface area contributed by atoms with E-state index in [1.807, 2.05) is 7.05 Å². The molecule has 0 aromatic carbocycles. The maximum Gasteiger partial charge on any atom is 0.191 e. The Bertz CT molecular complexity index is 361. The highest BCUT2D eigenvalue weighted by Gasteiger charge is 2.14. The fourth-order valence-electron chi connectivity index (χ4n) is 2.98. The molecule has 1 unspecified atom stereocenters. The van der Waals surface area contributed by atoms with Crippen LogP contribution in [0.15, 0.2) is 4.99 Å². The molecule has 1 aliphatic heterocycles. The normalized spacial score (nSPS) is 19.8. The van der Waals surface area contributed by atoms with Gasteiger partial charge < -0.3 is 20.4 Å². The highest BCUT2D eigenvalue weighted by Crippen LogP contribution is 2.21. The van der Waals surface area contributed by atoms with Gasteiger partial charge in [0.2, 0.25) is 0 Å². The van der Waals surface area contributed by atoms with E-state index in [4.69, 9.17) is 0 Å². The second-order valence-electron chi connectivity index (χ2n) is 8.50. The van der Waals surface area contributed by atoms with Gasteiger partial charge in [0.15, 0.2) is 5.96 Å². The Morgan fingerprint density at radius 3 is 2.58 bits per heavy atom. The van der Waals surface area contributed by atoms with Crippen molar-refractivity contribution >= 4 is 5.96 Å². The first kappa shape index (κ1) is 21.2. The van der Waals surface area contributed by atoms with E-state index >= 15 is 0 Å². The molecule has 1 rings (SSSR count). The zero-order chi connectivity index (χ0) is 18.0. The molecule has 1 atom stereocenters. The summed E-state index contributed by atoms with van der Waals surface area (Å²) >= 11 is 0. The minimum Gasteiger partial charge on any atom is -0.356 e. The van der Waals surface area contributed by atoms with E-state index in [9.17, 15) is 0 Å². The number of hydrogen-bond acceptors (Lipinski definition) is 3. The molecule has 142 valence electrons. The van der Waals surface area contributed by atoms with Crippen molar-refractivity contribution in [3.05, 3.63) is 0 Å². The predicted molar refractivity (Wildman–Crippen MR) is 106 cm³/mol. The van der Waals surface area contributed by atoms with Crippen LogP contribution in [-0.2, 0) is 0 Å². The minimum atomic E-state index is 0.397. The highest BCUT2D eigenvalue weighted by molar-refractivity contribution is 5.79. The van der Waals surface area contributed by atoms with Crippen LogP contribution >= 0.6 is 0 Å². The fraction of sp³-hybridized carbons (Fsp3) is 0.947. The summed E-state index contributed by atoms with van der Waals surface area (Å²) in [5, 5.41) is 6.98. The molecule has 0 spiro atoms. The van der Waals surface area contributed by atoms with Gasteiger partial charge in [0.25, 0.3) is 0 Å². The maximum atomic E-state index is 4.36. The summed E-state index contributed by atoms with van der Waals surface area (Å²) in [6.45, 7) is 16.2. The van der Waals surface area contributed by atoms with Gasteiger partial charge in [0, 0.05) is 32.7 Å². The molecule has 5 nitrogen and oxygen atoms in total. The van der Waals surface area contributed by atoms with Crippen molar-refractivity contribution in [2.24, 2.45) is 10.4 Å². The molecule has 5 heteroatoms. The van der Waals surface area contributed by atoms with Gasteiger partial charge in [-0.05, 0) is 64.7 Å². The van der Waals surface area contributed by atoms with Crippen LogP contribution in [0.1, 0.15) is 53.4 Å². The Morgan fingerprint density at radius 2 is 1.92 bits per heavy atom.